The molecule has 0 aliphatic heterocycles. The highest BCUT2D eigenvalue weighted by molar-refractivity contribution is 5.72. The molecule has 2 rings (SSSR count). The molecule has 0 saturated heterocycles. The molecule has 1 aliphatic rings. The predicted molar refractivity (Wildman–Crippen MR) is 64.8 cm³/mol. The second kappa shape index (κ2) is 4.88. The number of carboxylic acid groups (broad SMARTS) is 1. The Labute approximate surface area is 101 Å². The Bertz CT molecular complexity index is 380. The molecule has 0 radical (unpaired) electrons. The molecule has 3 nitrogen and oxygen atoms in total. The quantitative estimate of drug-likeness (QED) is 0.840. The van der Waals surface area contributed by atoms with Crippen molar-refractivity contribution in [1.29, 1.82) is 0 Å². The van der Waals surface area contributed by atoms with E-state index in [2.05, 4.69) is 0 Å². The Morgan fingerprint density at radius 1 is 1.24 bits per heavy atom. The zero-order chi connectivity index (χ0) is 12.3. The van der Waals surface area contributed by atoms with Gasteiger partial charge in [0.25, 0.3) is 0 Å². The second-order valence-corrected chi connectivity index (χ2v) is 4.91. The molecule has 0 spiro atoms. The molecule has 1 fully saturated rings. The highest BCUT2D eigenvalue weighted by Crippen LogP contribution is 2.44. The van der Waals surface area contributed by atoms with Gasteiger partial charge in [0.15, 0.2) is 6.10 Å². The van der Waals surface area contributed by atoms with Crippen LogP contribution >= 0.6 is 0 Å². The number of rotatable bonds is 4. The third-order valence-corrected chi connectivity index (χ3v) is 3.82. The van der Waals surface area contributed by atoms with Crippen LogP contribution in [-0.2, 0) is 10.2 Å². The van der Waals surface area contributed by atoms with Crippen LogP contribution in [0.3, 0.4) is 0 Å². The first kappa shape index (κ1) is 12.1. The fourth-order valence-corrected chi connectivity index (χ4v) is 2.91. The number of aliphatic hydroxyl groups is 1. The lowest BCUT2D eigenvalue weighted by atomic mass is 9.74. The van der Waals surface area contributed by atoms with Gasteiger partial charge in [0.2, 0.25) is 0 Å². The van der Waals surface area contributed by atoms with E-state index in [9.17, 15) is 9.90 Å². The van der Waals surface area contributed by atoms with E-state index >= 15 is 0 Å². The smallest absolute Gasteiger partial charge is 0.332 e. The van der Waals surface area contributed by atoms with Gasteiger partial charge < -0.3 is 10.2 Å². The summed E-state index contributed by atoms with van der Waals surface area (Å²) in [4.78, 5) is 10.8. The van der Waals surface area contributed by atoms with Crippen molar-refractivity contribution in [3.8, 4) is 0 Å². The maximum atomic E-state index is 10.8. The summed E-state index contributed by atoms with van der Waals surface area (Å²) in [5, 5.41) is 18.5. The minimum Gasteiger partial charge on any atom is -0.479 e. The van der Waals surface area contributed by atoms with Crippen molar-refractivity contribution in [2.45, 2.75) is 43.6 Å². The van der Waals surface area contributed by atoms with Gasteiger partial charge in [-0.05, 0) is 30.2 Å². The van der Waals surface area contributed by atoms with Crippen LogP contribution in [0.15, 0.2) is 30.3 Å². The number of benzene rings is 1. The molecule has 0 amide bonds. The van der Waals surface area contributed by atoms with Gasteiger partial charge in [0.1, 0.15) is 0 Å². The van der Waals surface area contributed by atoms with Gasteiger partial charge in [-0.2, -0.15) is 0 Å². The van der Waals surface area contributed by atoms with E-state index < -0.39 is 12.1 Å². The summed E-state index contributed by atoms with van der Waals surface area (Å²) in [7, 11) is 0. The summed E-state index contributed by atoms with van der Waals surface area (Å²) >= 11 is 0. The van der Waals surface area contributed by atoms with Crippen LogP contribution in [0, 0.1) is 0 Å². The first-order chi connectivity index (χ1) is 8.14. The molecule has 1 atom stereocenters. The molecular weight excluding hydrogens is 216 g/mol. The Kier molecular flexibility index (Phi) is 3.48. The lowest BCUT2D eigenvalue weighted by Crippen LogP contribution is -2.32. The van der Waals surface area contributed by atoms with E-state index in [1.54, 1.807) is 0 Å². The fourth-order valence-electron chi connectivity index (χ4n) is 2.91. The van der Waals surface area contributed by atoms with Gasteiger partial charge in [-0.3, -0.25) is 0 Å². The fraction of sp³-hybridized carbons (Fsp3) is 0.500. The minimum atomic E-state index is -1.26. The molecule has 0 heterocycles. The molecule has 92 valence electrons. The van der Waals surface area contributed by atoms with Crippen molar-refractivity contribution in [1.82, 2.24) is 0 Å². The lowest BCUT2D eigenvalue weighted by Gasteiger charge is -2.30. The van der Waals surface area contributed by atoms with E-state index in [0.29, 0.717) is 6.42 Å². The molecule has 17 heavy (non-hydrogen) atoms. The predicted octanol–water partition coefficient (Wildman–Crippen LogP) is 2.33. The number of carbonyl (C=O) groups is 1. The van der Waals surface area contributed by atoms with Crippen molar-refractivity contribution in [3.05, 3.63) is 35.9 Å². The molecule has 0 bridgehead atoms. The van der Waals surface area contributed by atoms with Crippen LogP contribution in [0.1, 0.15) is 37.7 Å². The summed E-state index contributed by atoms with van der Waals surface area (Å²) in [5.74, 6) is -1.12. The van der Waals surface area contributed by atoms with Crippen LogP contribution in [0.4, 0.5) is 0 Å². The van der Waals surface area contributed by atoms with Crippen LogP contribution in [0.25, 0.3) is 0 Å². The molecule has 1 saturated carbocycles. The van der Waals surface area contributed by atoms with E-state index in [1.807, 2.05) is 30.3 Å². The van der Waals surface area contributed by atoms with Crippen LogP contribution in [-0.4, -0.2) is 22.3 Å². The van der Waals surface area contributed by atoms with Crippen molar-refractivity contribution >= 4 is 5.97 Å². The monoisotopic (exact) mass is 234 g/mol. The zero-order valence-electron chi connectivity index (χ0n) is 9.80. The molecule has 1 aromatic rings. The topological polar surface area (TPSA) is 57.5 Å². The van der Waals surface area contributed by atoms with Crippen LogP contribution in [0.5, 0.6) is 0 Å². The van der Waals surface area contributed by atoms with E-state index in [0.717, 1.165) is 31.2 Å². The highest BCUT2D eigenvalue weighted by atomic mass is 16.4. The molecule has 1 aromatic carbocycles. The van der Waals surface area contributed by atoms with E-state index in [4.69, 9.17) is 5.11 Å². The van der Waals surface area contributed by atoms with Crippen molar-refractivity contribution in [2.24, 2.45) is 0 Å². The first-order valence-electron chi connectivity index (χ1n) is 6.10. The van der Waals surface area contributed by atoms with Gasteiger partial charge in [0.05, 0.1) is 0 Å². The van der Waals surface area contributed by atoms with Crippen molar-refractivity contribution in [2.75, 3.05) is 0 Å². The third kappa shape index (κ3) is 2.50. The number of hydrogen-bond donors (Lipinski definition) is 2. The normalized spacial score (nSPS) is 20.1. The van der Waals surface area contributed by atoms with Gasteiger partial charge in [0, 0.05) is 0 Å². The summed E-state index contributed by atoms with van der Waals surface area (Å²) < 4.78 is 0. The third-order valence-electron chi connectivity index (χ3n) is 3.82. The van der Waals surface area contributed by atoms with Crippen LogP contribution in [0.2, 0.25) is 0 Å². The molecule has 3 heteroatoms. The van der Waals surface area contributed by atoms with Gasteiger partial charge in [-0.1, -0.05) is 43.2 Å². The van der Waals surface area contributed by atoms with Crippen molar-refractivity contribution in [3.63, 3.8) is 0 Å². The lowest BCUT2D eigenvalue weighted by molar-refractivity contribution is -0.147. The molecular formula is C14H18O3. The molecule has 2 N–H and O–H groups in total. The van der Waals surface area contributed by atoms with Crippen molar-refractivity contribution < 1.29 is 15.0 Å². The summed E-state index contributed by atoms with van der Waals surface area (Å²) in [6.45, 7) is 0. The minimum absolute atomic E-state index is 0.140. The van der Waals surface area contributed by atoms with Gasteiger partial charge in [-0.25, -0.2) is 4.79 Å². The first-order valence-corrected chi connectivity index (χ1v) is 6.10. The highest BCUT2D eigenvalue weighted by Gasteiger charge is 2.38. The number of carboxylic acids is 1. The molecule has 1 unspecified atom stereocenters. The number of hydrogen-bond acceptors (Lipinski definition) is 2. The maximum absolute atomic E-state index is 10.8. The Morgan fingerprint density at radius 2 is 1.82 bits per heavy atom. The largest absolute Gasteiger partial charge is 0.479 e. The maximum Gasteiger partial charge on any atom is 0.332 e. The summed E-state index contributed by atoms with van der Waals surface area (Å²) in [6.07, 6.45) is 3.24. The summed E-state index contributed by atoms with van der Waals surface area (Å²) in [5.41, 5.74) is 1.02. The van der Waals surface area contributed by atoms with Gasteiger partial charge >= 0.3 is 5.97 Å². The average molecular weight is 234 g/mol. The molecule has 1 aliphatic carbocycles. The number of aliphatic carboxylic acids is 1. The van der Waals surface area contributed by atoms with E-state index in [-0.39, 0.29) is 5.41 Å². The summed E-state index contributed by atoms with van der Waals surface area (Å²) in [6, 6.07) is 9.99. The average Bonchev–Trinajstić information content (AvgIpc) is 2.80. The SMILES string of the molecule is O=C(O)C(O)CC1(c2ccccc2)CCCC1. The zero-order valence-corrected chi connectivity index (χ0v) is 9.80. The van der Waals surface area contributed by atoms with Crippen LogP contribution < -0.4 is 0 Å². The Morgan fingerprint density at radius 3 is 2.35 bits per heavy atom. The second-order valence-electron chi connectivity index (χ2n) is 4.91. The Balaban J connectivity index is 2.24. The standard InChI is InChI=1S/C14H18O3/c15-12(13(16)17)10-14(8-4-5-9-14)11-6-2-1-3-7-11/h1-3,6-7,12,15H,4-5,8-10H2,(H,16,17). The van der Waals surface area contributed by atoms with Gasteiger partial charge in [-0.15, -0.1) is 0 Å². The molecule has 0 aromatic heterocycles. The number of aliphatic hydroxyl groups excluding tert-OH is 1. The van der Waals surface area contributed by atoms with E-state index in [1.165, 1.54) is 0 Å². The Hall–Kier alpha value is -1.35.